The molecule has 0 aromatic rings. The second kappa shape index (κ2) is 6.05. The molecule has 0 bridgehead atoms. The number of hydrogen-bond donors (Lipinski definition) is 2. The Morgan fingerprint density at radius 1 is 1.38 bits per heavy atom. The van der Waals surface area contributed by atoms with Crippen molar-refractivity contribution in [3.8, 4) is 0 Å². The lowest BCUT2D eigenvalue weighted by molar-refractivity contribution is -0.132. The van der Waals surface area contributed by atoms with Gasteiger partial charge in [0.15, 0.2) is 0 Å². The van der Waals surface area contributed by atoms with Crippen molar-refractivity contribution >= 4 is 5.90 Å². The molecule has 1 heterocycles. The highest BCUT2D eigenvalue weighted by atomic mass is 19.4. The third-order valence-corrected chi connectivity index (χ3v) is 2.47. The van der Waals surface area contributed by atoms with Gasteiger partial charge in [-0.2, -0.15) is 19.1 Å². The monoisotopic (exact) mass is 239 g/mol. The van der Waals surface area contributed by atoms with Crippen LogP contribution in [0.5, 0.6) is 0 Å². The van der Waals surface area contributed by atoms with Gasteiger partial charge >= 0.3 is 6.18 Å². The maximum Gasteiger partial charge on any atom is 0.390 e. The molecule has 1 aliphatic heterocycles. The van der Waals surface area contributed by atoms with Crippen LogP contribution in [-0.2, 0) is 4.84 Å². The minimum absolute atomic E-state index is 0.0412. The molecule has 94 valence electrons. The van der Waals surface area contributed by atoms with E-state index in [0.717, 1.165) is 25.9 Å². The zero-order valence-corrected chi connectivity index (χ0v) is 8.89. The van der Waals surface area contributed by atoms with Gasteiger partial charge in [-0.3, -0.25) is 4.99 Å². The van der Waals surface area contributed by atoms with E-state index in [0.29, 0.717) is 0 Å². The van der Waals surface area contributed by atoms with Crippen LogP contribution in [0, 0.1) is 5.92 Å². The predicted octanol–water partition coefficient (Wildman–Crippen LogP) is 1.23. The number of alkyl halides is 3. The number of hydrogen-bond acceptors (Lipinski definition) is 4. The summed E-state index contributed by atoms with van der Waals surface area (Å²) in [5.41, 5.74) is 0. The zero-order chi connectivity index (χ0) is 12.0. The molecule has 0 aliphatic carbocycles. The molecule has 1 fully saturated rings. The second-order valence-corrected chi connectivity index (χ2v) is 3.73. The third-order valence-electron chi connectivity index (χ3n) is 2.47. The van der Waals surface area contributed by atoms with Crippen LogP contribution in [0.2, 0.25) is 0 Å². The Labute approximate surface area is 92.0 Å². The molecule has 0 unspecified atom stereocenters. The molecule has 0 atom stereocenters. The third kappa shape index (κ3) is 4.80. The molecule has 0 spiro atoms. The number of nitrogens with two attached hydrogens (primary N) is 1. The molecule has 3 N–H and O–H groups in total. The van der Waals surface area contributed by atoms with Crippen LogP contribution < -0.4 is 11.2 Å². The largest absolute Gasteiger partial charge is 0.396 e. The Hall–Kier alpha value is -0.820. The second-order valence-electron chi connectivity index (χ2n) is 3.73. The summed E-state index contributed by atoms with van der Waals surface area (Å²) in [5.74, 6) is 5.30. The average Bonchev–Trinajstić information content (AvgIpc) is 2.24. The quantitative estimate of drug-likeness (QED) is 0.442. The zero-order valence-electron chi connectivity index (χ0n) is 8.89. The summed E-state index contributed by atoms with van der Waals surface area (Å²) in [4.78, 5) is 8.33. The van der Waals surface area contributed by atoms with Crippen molar-refractivity contribution in [3.05, 3.63) is 0 Å². The van der Waals surface area contributed by atoms with E-state index in [1.54, 1.807) is 0 Å². The Bertz CT molecular complexity index is 237. The molecule has 0 radical (unpaired) electrons. The highest BCUT2D eigenvalue weighted by molar-refractivity contribution is 5.78. The standard InChI is InChI=1S/C9H16F3N3O/c10-9(11,12)3-6-15-8(16-13)7-1-4-14-5-2-7/h7,14H,1-6,13H2. The fourth-order valence-corrected chi connectivity index (χ4v) is 1.62. The Balaban J connectivity index is 2.42. The summed E-state index contributed by atoms with van der Waals surface area (Å²) < 4.78 is 35.7. The van der Waals surface area contributed by atoms with E-state index in [1.165, 1.54) is 0 Å². The first-order valence-corrected chi connectivity index (χ1v) is 5.21. The summed E-state index contributed by atoms with van der Waals surface area (Å²) in [6.07, 6.45) is -3.54. The number of rotatable bonds is 3. The van der Waals surface area contributed by atoms with Crippen LogP contribution in [0.1, 0.15) is 19.3 Å². The van der Waals surface area contributed by atoms with Crippen LogP contribution in [0.4, 0.5) is 13.2 Å². The molecule has 1 rings (SSSR count). The van der Waals surface area contributed by atoms with Crippen LogP contribution in [0.25, 0.3) is 0 Å². The van der Waals surface area contributed by atoms with Crippen LogP contribution in [0.3, 0.4) is 0 Å². The predicted molar refractivity (Wildman–Crippen MR) is 53.8 cm³/mol. The Morgan fingerprint density at radius 3 is 2.50 bits per heavy atom. The van der Waals surface area contributed by atoms with Gasteiger partial charge in [0.1, 0.15) is 0 Å². The fourth-order valence-electron chi connectivity index (χ4n) is 1.62. The van der Waals surface area contributed by atoms with E-state index >= 15 is 0 Å². The minimum atomic E-state index is -4.18. The summed E-state index contributed by atoms with van der Waals surface area (Å²) in [5, 5.41) is 3.14. The molecule has 0 aromatic heterocycles. The van der Waals surface area contributed by atoms with Crippen molar-refractivity contribution in [1.82, 2.24) is 5.32 Å². The maximum absolute atomic E-state index is 11.9. The molecule has 4 nitrogen and oxygen atoms in total. The summed E-state index contributed by atoms with van der Waals surface area (Å²) in [6.45, 7) is 1.30. The number of halogens is 3. The summed E-state index contributed by atoms with van der Waals surface area (Å²) in [7, 11) is 0. The SMILES string of the molecule is NOC(=NCCC(F)(F)F)C1CCNCC1. The Kier molecular flexibility index (Phi) is 5.01. The smallest absolute Gasteiger partial charge is 0.390 e. The molecule has 16 heavy (non-hydrogen) atoms. The van der Waals surface area contributed by atoms with Gasteiger partial charge in [0, 0.05) is 5.92 Å². The first kappa shape index (κ1) is 13.2. The first-order chi connectivity index (χ1) is 7.53. The normalized spacial score (nSPS) is 19.9. The van der Waals surface area contributed by atoms with Crippen molar-refractivity contribution in [2.45, 2.75) is 25.4 Å². The van der Waals surface area contributed by atoms with Crippen molar-refractivity contribution in [1.29, 1.82) is 0 Å². The Morgan fingerprint density at radius 2 is 2.00 bits per heavy atom. The van der Waals surface area contributed by atoms with E-state index in [-0.39, 0.29) is 18.4 Å². The highest BCUT2D eigenvalue weighted by Crippen LogP contribution is 2.20. The van der Waals surface area contributed by atoms with E-state index in [9.17, 15) is 13.2 Å². The maximum atomic E-state index is 11.9. The van der Waals surface area contributed by atoms with E-state index in [1.807, 2.05) is 0 Å². The van der Waals surface area contributed by atoms with Gasteiger partial charge in [-0.1, -0.05) is 0 Å². The number of piperidine rings is 1. The molecule has 1 saturated heterocycles. The first-order valence-electron chi connectivity index (χ1n) is 5.21. The van der Waals surface area contributed by atoms with Gasteiger partial charge in [-0.05, 0) is 25.9 Å². The van der Waals surface area contributed by atoms with Gasteiger partial charge in [0.2, 0.25) is 5.90 Å². The average molecular weight is 239 g/mol. The van der Waals surface area contributed by atoms with Crippen LogP contribution >= 0.6 is 0 Å². The highest BCUT2D eigenvalue weighted by Gasteiger charge is 2.27. The molecule has 0 amide bonds. The van der Waals surface area contributed by atoms with Crippen molar-refractivity contribution < 1.29 is 18.0 Å². The van der Waals surface area contributed by atoms with Gasteiger partial charge in [0.25, 0.3) is 0 Å². The van der Waals surface area contributed by atoms with E-state index in [2.05, 4.69) is 15.1 Å². The lowest BCUT2D eigenvalue weighted by atomic mass is 9.98. The van der Waals surface area contributed by atoms with Gasteiger partial charge in [-0.15, -0.1) is 0 Å². The molecule has 7 heteroatoms. The van der Waals surface area contributed by atoms with Gasteiger partial charge in [-0.25, -0.2) is 0 Å². The van der Waals surface area contributed by atoms with Crippen molar-refractivity contribution in [2.75, 3.05) is 19.6 Å². The van der Waals surface area contributed by atoms with Gasteiger partial charge < -0.3 is 10.2 Å². The van der Waals surface area contributed by atoms with Crippen LogP contribution in [-0.4, -0.2) is 31.7 Å². The minimum Gasteiger partial charge on any atom is -0.396 e. The number of nitrogens with one attached hydrogen (secondary N) is 1. The number of aliphatic imine (C=N–C) groups is 1. The summed E-state index contributed by atoms with van der Waals surface area (Å²) >= 11 is 0. The van der Waals surface area contributed by atoms with Crippen molar-refractivity contribution in [2.24, 2.45) is 16.8 Å². The van der Waals surface area contributed by atoms with E-state index < -0.39 is 12.6 Å². The van der Waals surface area contributed by atoms with Crippen LogP contribution in [0.15, 0.2) is 4.99 Å². The summed E-state index contributed by atoms with van der Waals surface area (Å²) in [6, 6.07) is 0. The lowest BCUT2D eigenvalue weighted by Gasteiger charge is -2.22. The van der Waals surface area contributed by atoms with Gasteiger partial charge in [0.05, 0.1) is 13.0 Å². The van der Waals surface area contributed by atoms with E-state index in [4.69, 9.17) is 5.90 Å². The molecule has 0 saturated carbocycles. The molecule has 0 aromatic carbocycles. The fraction of sp³-hybridized carbons (Fsp3) is 0.889. The van der Waals surface area contributed by atoms with Crippen molar-refractivity contribution in [3.63, 3.8) is 0 Å². The topological polar surface area (TPSA) is 59.6 Å². The lowest BCUT2D eigenvalue weighted by Crippen LogP contribution is -2.34. The molecule has 1 aliphatic rings. The molecular formula is C9H16F3N3O. The number of nitrogens with zero attached hydrogens (tertiary/aromatic N) is 1. The molecular weight excluding hydrogens is 223 g/mol.